The zero-order chi connectivity index (χ0) is 23.0. The fraction of sp³-hybridized carbons (Fsp3) is 0.455. The number of benzene rings is 2. The highest BCUT2D eigenvalue weighted by atomic mass is 32.2. The monoisotopic (exact) mass is 458 g/mol. The quantitative estimate of drug-likeness (QED) is 0.443. The van der Waals surface area contributed by atoms with E-state index in [1.54, 1.807) is 6.92 Å². The topological polar surface area (TPSA) is 61.8 Å². The van der Waals surface area contributed by atoms with Crippen molar-refractivity contribution in [2.45, 2.75) is 58.3 Å². The van der Waals surface area contributed by atoms with Crippen LogP contribution in [-0.4, -0.2) is 26.1 Å². The molecule has 2 aromatic carbocycles. The Morgan fingerprint density at radius 2 is 1.71 bits per heavy atom. The number of halogens is 3. The van der Waals surface area contributed by atoms with Crippen molar-refractivity contribution in [1.29, 1.82) is 0 Å². The van der Waals surface area contributed by atoms with E-state index in [1.807, 2.05) is 51.1 Å². The van der Waals surface area contributed by atoms with Crippen molar-refractivity contribution in [3.8, 4) is 11.5 Å². The van der Waals surface area contributed by atoms with E-state index in [-0.39, 0.29) is 0 Å². The molecule has 0 aliphatic carbocycles. The molecule has 0 fully saturated rings. The van der Waals surface area contributed by atoms with Crippen molar-refractivity contribution in [3.63, 3.8) is 0 Å². The molecule has 0 amide bonds. The zero-order valence-electron chi connectivity index (χ0n) is 17.8. The number of hydrogen-bond acceptors (Lipinski definition) is 5. The van der Waals surface area contributed by atoms with Gasteiger partial charge in [-0.1, -0.05) is 30.3 Å². The van der Waals surface area contributed by atoms with Gasteiger partial charge < -0.3 is 9.47 Å². The second-order valence-electron chi connectivity index (χ2n) is 8.00. The highest BCUT2D eigenvalue weighted by Crippen LogP contribution is 2.44. The molecule has 9 heteroatoms. The third-order valence-corrected chi connectivity index (χ3v) is 6.59. The van der Waals surface area contributed by atoms with E-state index in [4.69, 9.17) is 9.47 Å². The second-order valence-corrected chi connectivity index (χ2v) is 9.61. The van der Waals surface area contributed by atoms with E-state index in [0.29, 0.717) is 25.2 Å². The lowest BCUT2D eigenvalue weighted by Crippen LogP contribution is -2.43. The molecule has 170 valence electrons. The molecule has 0 saturated heterocycles. The van der Waals surface area contributed by atoms with Crippen LogP contribution in [0.2, 0.25) is 0 Å². The van der Waals surface area contributed by atoms with E-state index < -0.39 is 27.8 Å². The first-order valence-corrected chi connectivity index (χ1v) is 11.2. The van der Waals surface area contributed by atoms with Crippen LogP contribution in [0.15, 0.2) is 30.3 Å². The Labute approximate surface area is 180 Å². The summed E-state index contributed by atoms with van der Waals surface area (Å²) in [4.78, 5) is 0. The molecule has 0 spiro atoms. The molecular weight excluding hydrogens is 433 g/mol. The molecule has 0 saturated carbocycles. The van der Waals surface area contributed by atoms with Crippen LogP contribution >= 0.6 is 0 Å². The molecule has 1 atom stereocenters. The number of rotatable bonds is 6. The standard InChI is InChI=1S/C22H25F3O5S/c1-14-15(2)20-18(16(3)19(14)28-12-17-8-6-5-7-9-17)10-11-21(4,30-20)13-29-31(26,27)22(23,24)25/h5-9H,10-13H2,1-4H3. The summed E-state index contributed by atoms with van der Waals surface area (Å²) in [5, 5.41) is 0. The Bertz CT molecular complexity index is 1070. The second kappa shape index (κ2) is 8.35. The van der Waals surface area contributed by atoms with Crippen LogP contribution in [0.1, 0.15) is 41.2 Å². The molecular formula is C22H25F3O5S. The van der Waals surface area contributed by atoms with Gasteiger partial charge in [0.15, 0.2) is 0 Å². The maximum Gasteiger partial charge on any atom is 0.523 e. The molecule has 2 aromatic rings. The number of hydrogen-bond donors (Lipinski definition) is 0. The van der Waals surface area contributed by atoms with Crippen molar-refractivity contribution in [1.82, 2.24) is 0 Å². The summed E-state index contributed by atoms with van der Waals surface area (Å²) in [5.74, 6) is 1.30. The van der Waals surface area contributed by atoms with Crippen LogP contribution < -0.4 is 9.47 Å². The maximum absolute atomic E-state index is 12.6. The Morgan fingerprint density at radius 1 is 1.06 bits per heavy atom. The Balaban J connectivity index is 1.83. The molecule has 3 rings (SSSR count). The van der Waals surface area contributed by atoms with Gasteiger partial charge in [-0.3, -0.25) is 4.18 Å². The molecule has 0 aromatic heterocycles. The van der Waals surface area contributed by atoms with Crippen molar-refractivity contribution in [2.75, 3.05) is 6.61 Å². The predicted octanol–water partition coefficient (Wildman–Crippen LogP) is 5.14. The highest BCUT2D eigenvalue weighted by Gasteiger charge is 2.49. The smallest absolute Gasteiger partial charge is 0.488 e. The normalized spacial score (nSPS) is 18.9. The van der Waals surface area contributed by atoms with Gasteiger partial charge in [-0.05, 0) is 62.8 Å². The fourth-order valence-electron chi connectivity index (χ4n) is 3.60. The van der Waals surface area contributed by atoms with Crippen molar-refractivity contribution in [2.24, 2.45) is 0 Å². The van der Waals surface area contributed by atoms with Gasteiger partial charge in [0.1, 0.15) is 30.3 Å². The van der Waals surface area contributed by atoms with Gasteiger partial charge in [0, 0.05) is 5.56 Å². The van der Waals surface area contributed by atoms with Gasteiger partial charge in [0.25, 0.3) is 0 Å². The summed E-state index contributed by atoms with van der Waals surface area (Å²) >= 11 is 0. The first-order valence-electron chi connectivity index (χ1n) is 9.79. The SMILES string of the molecule is Cc1c(C)c2c(c(C)c1OCc1ccccc1)CCC(C)(COS(=O)(=O)C(F)(F)F)O2. The van der Waals surface area contributed by atoms with Gasteiger partial charge in [-0.15, -0.1) is 0 Å². The number of ether oxygens (including phenoxy) is 2. The van der Waals surface area contributed by atoms with Gasteiger partial charge in [0.2, 0.25) is 0 Å². The maximum atomic E-state index is 12.6. The highest BCUT2D eigenvalue weighted by molar-refractivity contribution is 7.87. The summed E-state index contributed by atoms with van der Waals surface area (Å²) in [6.07, 6.45) is 0.796. The summed E-state index contributed by atoms with van der Waals surface area (Å²) in [7, 11) is -5.68. The number of alkyl halides is 3. The molecule has 1 aliphatic rings. The molecule has 0 bridgehead atoms. The third kappa shape index (κ3) is 4.82. The van der Waals surface area contributed by atoms with Crippen LogP contribution in [0.5, 0.6) is 11.5 Å². The summed E-state index contributed by atoms with van der Waals surface area (Å²) in [5.41, 5.74) is -2.18. The van der Waals surface area contributed by atoms with Gasteiger partial charge in [-0.2, -0.15) is 21.6 Å². The minimum absolute atomic E-state index is 0.300. The lowest BCUT2D eigenvalue weighted by atomic mass is 9.87. The van der Waals surface area contributed by atoms with E-state index in [2.05, 4.69) is 4.18 Å². The molecule has 0 N–H and O–H groups in total. The van der Waals surface area contributed by atoms with Gasteiger partial charge >= 0.3 is 15.6 Å². The average Bonchev–Trinajstić information content (AvgIpc) is 2.71. The third-order valence-electron chi connectivity index (χ3n) is 5.59. The molecule has 5 nitrogen and oxygen atoms in total. The van der Waals surface area contributed by atoms with Crippen LogP contribution in [0.3, 0.4) is 0 Å². The summed E-state index contributed by atoms with van der Waals surface area (Å²) in [6, 6.07) is 9.75. The fourth-order valence-corrected chi connectivity index (χ4v) is 4.14. The summed E-state index contributed by atoms with van der Waals surface area (Å²) < 4.78 is 76.7. The van der Waals surface area contributed by atoms with Crippen LogP contribution in [0, 0.1) is 20.8 Å². The molecule has 1 unspecified atom stereocenters. The van der Waals surface area contributed by atoms with E-state index in [9.17, 15) is 21.6 Å². The van der Waals surface area contributed by atoms with Gasteiger partial charge in [0.05, 0.1) is 0 Å². The zero-order valence-corrected chi connectivity index (χ0v) is 18.6. The van der Waals surface area contributed by atoms with Crippen molar-refractivity contribution >= 4 is 10.1 Å². The Morgan fingerprint density at radius 3 is 2.32 bits per heavy atom. The Kier molecular flexibility index (Phi) is 6.30. The largest absolute Gasteiger partial charge is 0.523 e. The lowest BCUT2D eigenvalue weighted by Gasteiger charge is -2.37. The minimum atomic E-state index is -5.68. The first kappa shape index (κ1) is 23.4. The first-order chi connectivity index (χ1) is 14.3. The van der Waals surface area contributed by atoms with Crippen molar-refractivity contribution in [3.05, 3.63) is 58.1 Å². The van der Waals surface area contributed by atoms with Crippen LogP contribution in [0.25, 0.3) is 0 Å². The van der Waals surface area contributed by atoms with Crippen molar-refractivity contribution < 1.29 is 35.2 Å². The number of fused-ring (bicyclic) bond motifs is 1. The molecule has 31 heavy (non-hydrogen) atoms. The molecule has 1 aliphatic heterocycles. The van der Waals surface area contributed by atoms with E-state index in [1.165, 1.54) is 0 Å². The van der Waals surface area contributed by atoms with Crippen LogP contribution in [-0.2, 0) is 27.3 Å². The molecule has 0 radical (unpaired) electrons. The Hall–Kier alpha value is -2.26. The van der Waals surface area contributed by atoms with E-state index >= 15 is 0 Å². The molecule has 1 heterocycles. The summed E-state index contributed by atoms with van der Waals surface area (Å²) in [6.45, 7) is 6.89. The van der Waals surface area contributed by atoms with Crippen LogP contribution in [0.4, 0.5) is 13.2 Å². The lowest BCUT2D eigenvalue weighted by molar-refractivity contribution is -0.0606. The van der Waals surface area contributed by atoms with Gasteiger partial charge in [-0.25, -0.2) is 0 Å². The average molecular weight is 458 g/mol. The van der Waals surface area contributed by atoms with E-state index in [0.717, 1.165) is 33.6 Å². The predicted molar refractivity (Wildman–Crippen MR) is 110 cm³/mol. The minimum Gasteiger partial charge on any atom is -0.488 e.